The molecule has 1 aromatic rings. The zero-order valence-electron chi connectivity index (χ0n) is 10.9. The van der Waals surface area contributed by atoms with Gasteiger partial charge in [0.15, 0.2) is 0 Å². The number of hydrogen-bond donors (Lipinski definition) is 3. The van der Waals surface area contributed by atoms with E-state index in [9.17, 15) is 5.11 Å². The van der Waals surface area contributed by atoms with Gasteiger partial charge in [0.2, 0.25) is 0 Å². The highest BCUT2D eigenvalue weighted by atomic mass is 16.3. The molecule has 0 radical (unpaired) electrons. The van der Waals surface area contributed by atoms with E-state index in [1.807, 2.05) is 18.2 Å². The summed E-state index contributed by atoms with van der Waals surface area (Å²) in [6.07, 6.45) is 5.43. The molecule has 100 valence electrons. The number of aliphatic hydroxyl groups excluding tert-OH is 1. The second-order valence-corrected chi connectivity index (χ2v) is 5.36. The Kier molecular flexibility index (Phi) is 5.17. The first-order chi connectivity index (χ1) is 8.78. The third-order valence-electron chi connectivity index (χ3n) is 3.73. The summed E-state index contributed by atoms with van der Waals surface area (Å²) in [7, 11) is 0. The predicted octanol–water partition coefficient (Wildman–Crippen LogP) is 1.45. The molecule has 0 aromatic heterocycles. The summed E-state index contributed by atoms with van der Waals surface area (Å²) in [5, 5.41) is 13.0. The maximum absolute atomic E-state index is 9.49. The standard InChI is InChI=1S/C15H24N2O/c16-13-7-4-8-14(10-13)17-15(11-18)9-12-5-2-1-3-6-12/h1-3,5-6,13-15,17-18H,4,7-11,16H2. The molecule has 0 bridgehead atoms. The minimum Gasteiger partial charge on any atom is -0.395 e. The molecule has 0 amide bonds. The van der Waals surface area contributed by atoms with Crippen LogP contribution in [-0.4, -0.2) is 29.8 Å². The molecule has 3 atom stereocenters. The molecule has 0 aliphatic heterocycles. The van der Waals surface area contributed by atoms with E-state index < -0.39 is 0 Å². The molecule has 4 N–H and O–H groups in total. The maximum Gasteiger partial charge on any atom is 0.0587 e. The van der Waals surface area contributed by atoms with Crippen molar-refractivity contribution in [1.82, 2.24) is 5.32 Å². The highest BCUT2D eigenvalue weighted by Crippen LogP contribution is 2.18. The summed E-state index contributed by atoms with van der Waals surface area (Å²) in [5.41, 5.74) is 7.26. The van der Waals surface area contributed by atoms with Gasteiger partial charge in [-0.1, -0.05) is 36.8 Å². The first-order valence-corrected chi connectivity index (χ1v) is 6.94. The van der Waals surface area contributed by atoms with Crippen molar-refractivity contribution in [2.24, 2.45) is 5.73 Å². The smallest absolute Gasteiger partial charge is 0.0587 e. The Hall–Kier alpha value is -0.900. The van der Waals surface area contributed by atoms with E-state index in [2.05, 4.69) is 17.4 Å². The van der Waals surface area contributed by atoms with Gasteiger partial charge in [-0.3, -0.25) is 0 Å². The van der Waals surface area contributed by atoms with Gasteiger partial charge in [0.25, 0.3) is 0 Å². The fraction of sp³-hybridized carbons (Fsp3) is 0.600. The van der Waals surface area contributed by atoms with Crippen molar-refractivity contribution in [2.45, 2.75) is 50.2 Å². The van der Waals surface area contributed by atoms with Gasteiger partial charge < -0.3 is 16.2 Å². The number of nitrogens with two attached hydrogens (primary N) is 1. The molecule has 3 nitrogen and oxygen atoms in total. The second kappa shape index (κ2) is 6.88. The van der Waals surface area contributed by atoms with Crippen molar-refractivity contribution in [3.8, 4) is 0 Å². The lowest BCUT2D eigenvalue weighted by Gasteiger charge is -2.30. The van der Waals surface area contributed by atoms with Crippen LogP contribution in [0.4, 0.5) is 0 Å². The van der Waals surface area contributed by atoms with Gasteiger partial charge in [-0.2, -0.15) is 0 Å². The zero-order chi connectivity index (χ0) is 12.8. The quantitative estimate of drug-likeness (QED) is 0.739. The van der Waals surface area contributed by atoms with E-state index in [1.165, 1.54) is 18.4 Å². The lowest BCUT2D eigenvalue weighted by Crippen LogP contribution is -2.46. The molecule has 3 heteroatoms. The van der Waals surface area contributed by atoms with Gasteiger partial charge in [0.05, 0.1) is 6.61 Å². The van der Waals surface area contributed by atoms with Gasteiger partial charge >= 0.3 is 0 Å². The molecule has 1 aromatic carbocycles. The summed E-state index contributed by atoms with van der Waals surface area (Å²) < 4.78 is 0. The molecule has 3 unspecified atom stereocenters. The molecule has 0 saturated heterocycles. The van der Waals surface area contributed by atoms with Crippen LogP contribution in [0.25, 0.3) is 0 Å². The summed E-state index contributed by atoms with van der Waals surface area (Å²) in [6.45, 7) is 0.181. The van der Waals surface area contributed by atoms with Crippen LogP contribution in [0, 0.1) is 0 Å². The molecule has 1 fully saturated rings. The Bertz CT molecular complexity index is 342. The Labute approximate surface area is 109 Å². The first kappa shape index (κ1) is 13.5. The van der Waals surface area contributed by atoms with Crippen LogP contribution in [-0.2, 0) is 6.42 Å². The van der Waals surface area contributed by atoms with Crippen LogP contribution in [0.2, 0.25) is 0 Å². The Morgan fingerprint density at radius 3 is 2.72 bits per heavy atom. The summed E-state index contributed by atoms with van der Waals surface area (Å²) >= 11 is 0. The van der Waals surface area contributed by atoms with E-state index in [1.54, 1.807) is 0 Å². The van der Waals surface area contributed by atoms with Crippen molar-refractivity contribution < 1.29 is 5.11 Å². The minimum atomic E-state index is 0.141. The number of hydrogen-bond acceptors (Lipinski definition) is 3. The van der Waals surface area contributed by atoms with Gasteiger partial charge in [-0.25, -0.2) is 0 Å². The van der Waals surface area contributed by atoms with Gasteiger partial charge in [0.1, 0.15) is 0 Å². The third-order valence-corrected chi connectivity index (χ3v) is 3.73. The van der Waals surface area contributed by atoms with Crippen molar-refractivity contribution in [3.63, 3.8) is 0 Å². The van der Waals surface area contributed by atoms with Gasteiger partial charge in [-0.05, 0) is 31.2 Å². The van der Waals surface area contributed by atoms with E-state index in [-0.39, 0.29) is 12.6 Å². The minimum absolute atomic E-state index is 0.141. The Balaban J connectivity index is 1.85. The van der Waals surface area contributed by atoms with Crippen LogP contribution in [0.1, 0.15) is 31.2 Å². The molecule has 18 heavy (non-hydrogen) atoms. The molecule has 1 saturated carbocycles. The van der Waals surface area contributed by atoms with Crippen LogP contribution < -0.4 is 11.1 Å². The normalized spacial score (nSPS) is 25.9. The van der Waals surface area contributed by atoms with Gasteiger partial charge in [-0.15, -0.1) is 0 Å². The fourth-order valence-electron chi connectivity index (χ4n) is 2.79. The summed E-state index contributed by atoms with van der Waals surface area (Å²) in [6, 6.07) is 11.3. The molecular formula is C15H24N2O. The van der Waals surface area contributed by atoms with E-state index in [4.69, 9.17) is 5.73 Å². The first-order valence-electron chi connectivity index (χ1n) is 6.94. The molecule has 2 rings (SSSR count). The van der Waals surface area contributed by atoms with Crippen LogP contribution in [0.15, 0.2) is 30.3 Å². The molecule has 1 aliphatic rings. The topological polar surface area (TPSA) is 58.3 Å². The lowest BCUT2D eigenvalue weighted by molar-refractivity contribution is 0.213. The Morgan fingerprint density at radius 2 is 2.06 bits per heavy atom. The number of benzene rings is 1. The molecule has 1 aliphatic carbocycles. The fourth-order valence-corrected chi connectivity index (χ4v) is 2.79. The third kappa shape index (κ3) is 4.09. The van der Waals surface area contributed by atoms with Crippen molar-refractivity contribution >= 4 is 0 Å². The number of rotatable bonds is 5. The zero-order valence-corrected chi connectivity index (χ0v) is 10.9. The maximum atomic E-state index is 9.49. The van der Waals surface area contributed by atoms with E-state index >= 15 is 0 Å². The second-order valence-electron chi connectivity index (χ2n) is 5.36. The van der Waals surface area contributed by atoms with Crippen LogP contribution in [0.3, 0.4) is 0 Å². The lowest BCUT2D eigenvalue weighted by atomic mass is 9.90. The predicted molar refractivity (Wildman–Crippen MR) is 74.4 cm³/mol. The molecule has 0 heterocycles. The summed E-state index contributed by atoms with van der Waals surface area (Å²) in [5.74, 6) is 0. The highest BCUT2D eigenvalue weighted by molar-refractivity contribution is 5.16. The highest BCUT2D eigenvalue weighted by Gasteiger charge is 2.21. The monoisotopic (exact) mass is 248 g/mol. The van der Waals surface area contributed by atoms with E-state index in [0.29, 0.717) is 12.1 Å². The molecule has 0 spiro atoms. The van der Waals surface area contributed by atoms with Crippen molar-refractivity contribution in [1.29, 1.82) is 0 Å². The summed E-state index contributed by atoms with van der Waals surface area (Å²) in [4.78, 5) is 0. The van der Waals surface area contributed by atoms with Gasteiger partial charge in [0, 0.05) is 18.1 Å². The van der Waals surface area contributed by atoms with E-state index in [0.717, 1.165) is 19.3 Å². The average molecular weight is 248 g/mol. The van der Waals surface area contributed by atoms with Crippen molar-refractivity contribution in [2.75, 3.05) is 6.61 Å². The average Bonchev–Trinajstić information content (AvgIpc) is 2.39. The molecular weight excluding hydrogens is 224 g/mol. The van der Waals surface area contributed by atoms with Crippen LogP contribution in [0.5, 0.6) is 0 Å². The SMILES string of the molecule is NC1CCCC(NC(CO)Cc2ccccc2)C1. The number of nitrogens with one attached hydrogen (secondary N) is 1. The van der Waals surface area contributed by atoms with Crippen LogP contribution >= 0.6 is 0 Å². The Morgan fingerprint density at radius 1 is 1.28 bits per heavy atom. The number of aliphatic hydroxyl groups is 1. The largest absolute Gasteiger partial charge is 0.395 e. The van der Waals surface area contributed by atoms with Crippen molar-refractivity contribution in [3.05, 3.63) is 35.9 Å².